The normalized spacial score (nSPS) is 10.6. The standard InChI is InChI=1S/C14H24NS/c1-2-3-4-5-6-10-13-16-14-15-11-8-7-9-12-15/h7-9,11-12H,2-6,10,13-14H2,1H3/q+1. The second kappa shape index (κ2) is 9.71. The van der Waals surface area contributed by atoms with E-state index in [4.69, 9.17) is 0 Å². The van der Waals surface area contributed by atoms with Crippen molar-refractivity contribution < 1.29 is 4.57 Å². The minimum absolute atomic E-state index is 1.09. The third-order valence-electron chi connectivity index (χ3n) is 2.66. The van der Waals surface area contributed by atoms with Crippen molar-refractivity contribution in [1.82, 2.24) is 0 Å². The maximum atomic E-state index is 2.27. The van der Waals surface area contributed by atoms with Crippen molar-refractivity contribution in [3.63, 3.8) is 0 Å². The van der Waals surface area contributed by atoms with E-state index in [-0.39, 0.29) is 0 Å². The Morgan fingerprint density at radius 3 is 2.31 bits per heavy atom. The summed E-state index contributed by atoms with van der Waals surface area (Å²) in [6.07, 6.45) is 12.7. The molecular formula is C14H24NS+. The molecule has 0 bridgehead atoms. The number of nitrogens with zero attached hydrogens (tertiary/aromatic N) is 1. The molecule has 1 heterocycles. The van der Waals surface area contributed by atoms with Crippen LogP contribution in [0.25, 0.3) is 0 Å². The summed E-state index contributed by atoms with van der Waals surface area (Å²) in [7, 11) is 0. The second-order valence-corrected chi connectivity index (χ2v) is 5.27. The zero-order valence-electron chi connectivity index (χ0n) is 10.4. The molecule has 0 atom stereocenters. The summed E-state index contributed by atoms with van der Waals surface area (Å²) in [4.78, 5) is 0. The first-order valence-corrected chi connectivity index (χ1v) is 7.61. The van der Waals surface area contributed by atoms with Crippen LogP contribution in [0.15, 0.2) is 30.6 Å². The van der Waals surface area contributed by atoms with E-state index in [1.165, 1.54) is 44.3 Å². The van der Waals surface area contributed by atoms with Gasteiger partial charge in [0.05, 0.1) is 0 Å². The Hall–Kier alpha value is -0.500. The van der Waals surface area contributed by atoms with Crippen LogP contribution in [0.5, 0.6) is 0 Å². The molecule has 1 aromatic rings. The molecule has 0 aliphatic rings. The fourth-order valence-electron chi connectivity index (χ4n) is 1.67. The van der Waals surface area contributed by atoms with Crippen molar-refractivity contribution in [3.8, 4) is 0 Å². The van der Waals surface area contributed by atoms with Crippen LogP contribution in [-0.4, -0.2) is 5.75 Å². The van der Waals surface area contributed by atoms with E-state index < -0.39 is 0 Å². The first kappa shape index (κ1) is 13.6. The highest BCUT2D eigenvalue weighted by atomic mass is 32.2. The molecule has 0 saturated heterocycles. The molecule has 0 aromatic carbocycles. The molecule has 0 radical (unpaired) electrons. The Labute approximate surface area is 104 Å². The lowest BCUT2D eigenvalue weighted by molar-refractivity contribution is -0.675. The van der Waals surface area contributed by atoms with Gasteiger partial charge in [0, 0.05) is 12.1 Å². The number of aromatic nitrogens is 1. The molecule has 0 amide bonds. The topological polar surface area (TPSA) is 3.88 Å². The first-order valence-electron chi connectivity index (χ1n) is 6.45. The van der Waals surface area contributed by atoms with E-state index >= 15 is 0 Å². The predicted molar refractivity (Wildman–Crippen MR) is 72.5 cm³/mol. The zero-order chi connectivity index (χ0) is 11.5. The largest absolute Gasteiger partial charge is 0.195 e. The Morgan fingerprint density at radius 2 is 1.56 bits per heavy atom. The Balaban J connectivity index is 1.89. The average Bonchev–Trinajstić information content (AvgIpc) is 2.34. The van der Waals surface area contributed by atoms with Crippen LogP contribution in [0.4, 0.5) is 0 Å². The smallest absolute Gasteiger partial charge is 0.194 e. The number of pyridine rings is 1. The van der Waals surface area contributed by atoms with Gasteiger partial charge in [-0.05, 0) is 12.2 Å². The maximum absolute atomic E-state index is 2.27. The lowest BCUT2D eigenvalue weighted by Gasteiger charge is -1.99. The SMILES string of the molecule is CCCCCCCCSC[n+]1ccccc1. The molecule has 90 valence electrons. The quantitative estimate of drug-likeness (QED) is 0.464. The van der Waals surface area contributed by atoms with Crippen molar-refractivity contribution in [2.45, 2.75) is 51.3 Å². The van der Waals surface area contributed by atoms with Crippen LogP contribution in [-0.2, 0) is 5.88 Å². The van der Waals surface area contributed by atoms with Gasteiger partial charge in [-0.15, -0.1) is 0 Å². The number of hydrogen-bond acceptors (Lipinski definition) is 1. The maximum Gasteiger partial charge on any atom is 0.194 e. The molecule has 0 saturated carbocycles. The van der Waals surface area contributed by atoms with E-state index in [1.54, 1.807) is 0 Å². The van der Waals surface area contributed by atoms with Gasteiger partial charge in [-0.25, -0.2) is 0 Å². The highest BCUT2D eigenvalue weighted by Gasteiger charge is 1.97. The lowest BCUT2D eigenvalue weighted by Crippen LogP contribution is -2.30. The van der Waals surface area contributed by atoms with Gasteiger partial charge in [0.25, 0.3) is 0 Å². The van der Waals surface area contributed by atoms with E-state index in [9.17, 15) is 0 Å². The molecule has 0 unspecified atom stereocenters. The highest BCUT2D eigenvalue weighted by Crippen LogP contribution is 2.09. The average molecular weight is 238 g/mol. The Bertz CT molecular complexity index is 248. The van der Waals surface area contributed by atoms with Gasteiger partial charge in [0.1, 0.15) is 0 Å². The molecule has 1 nitrogen and oxygen atoms in total. The molecule has 1 aromatic heterocycles. The highest BCUT2D eigenvalue weighted by molar-refractivity contribution is 7.98. The van der Waals surface area contributed by atoms with Gasteiger partial charge in [0.2, 0.25) is 0 Å². The van der Waals surface area contributed by atoms with Crippen molar-refractivity contribution in [3.05, 3.63) is 30.6 Å². The number of unbranched alkanes of at least 4 members (excludes halogenated alkanes) is 5. The summed E-state index contributed by atoms with van der Waals surface area (Å²) in [6, 6.07) is 6.24. The van der Waals surface area contributed by atoms with Crippen molar-refractivity contribution in [2.24, 2.45) is 0 Å². The molecule has 2 heteroatoms. The van der Waals surface area contributed by atoms with Crippen LogP contribution in [0.1, 0.15) is 45.4 Å². The van der Waals surface area contributed by atoms with Crippen LogP contribution >= 0.6 is 11.8 Å². The molecule has 0 aliphatic carbocycles. The number of rotatable bonds is 9. The second-order valence-electron chi connectivity index (χ2n) is 4.19. The van der Waals surface area contributed by atoms with Gasteiger partial charge in [-0.2, -0.15) is 4.57 Å². The van der Waals surface area contributed by atoms with Crippen LogP contribution < -0.4 is 4.57 Å². The molecule has 0 aliphatic heterocycles. The van der Waals surface area contributed by atoms with E-state index in [2.05, 4.69) is 42.1 Å². The molecular weight excluding hydrogens is 214 g/mol. The van der Waals surface area contributed by atoms with E-state index in [1.807, 2.05) is 11.8 Å². The van der Waals surface area contributed by atoms with E-state index in [0.717, 1.165) is 5.88 Å². The summed E-state index contributed by atoms with van der Waals surface area (Å²) >= 11 is 2.03. The van der Waals surface area contributed by atoms with Crippen molar-refractivity contribution in [2.75, 3.05) is 5.75 Å². The van der Waals surface area contributed by atoms with Crippen molar-refractivity contribution >= 4 is 11.8 Å². The number of thioether (sulfide) groups is 1. The Kier molecular flexibility index (Phi) is 8.23. The minimum Gasteiger partial charge on any atom is -0.195 e. The third kappa shape index (κ3) is 6.89. The molecule has 1 rings (SSSR count). The molecule has 0 spiro atoms. The Morgan fingerprint density at radius 1 is 0.875 bits per heavy atom. The molecule has 16 heavy (non-hydrogen) atoms. The van der Waals surface area contributed by atoms with Crippen LogP contribution in [0, 0.1) is 0 Å². The van der Waals surface area contributed by atoms with Crippen molar-refractivity contribution in [1.29, 1.82) is 0 Å². The first-order chi connectivity index (χ1) is 7.93. The summed E-state index contributed by atoms with van der Waals surface area (Å²) in [5, 5.41) is 0. The van der Waals surface area contributed by atoms with Crippen LogP contribution in [0.3, 0.4) is 0 Å². The van der Waals surface area contributed by atoms with Gasteiger partial charge in [-0.3, -0.25) is 0 Å². The van der Waals surface area contributed by atoms with Gasteiger partial charge in [-0.1, -0.05) is 56.9 Å². The zero-order valence-corrected chi connectivity index (χ0v) is 11.2. The fraction of sp³-hybridized carbons (Fsp3) is 0.643. The van der Waals surface area contributed by atoms with Crippen LogP contribution in [0.2, 0.25) is 0 Å². The van der Waals surface area contributed by atoms with E-state index in [0.29, 0.717) is 0 Å². The van der Waals surface area contributed by atoms with Gasteiger partial charge in [0.15, 0.2) is 18.3 Å². The monoisotopic (exact) mass is 238 g/mol. The lowest BCUT2D eigenvalue weighted by atomic mass is 10.1. The third-order valence-corrected chi connectivity index (χ3v) is 3.72. The summed E-state index contributed by atoms with van der Waals surface area (Å²) in [5.41, 5.74) is 0. The van der Waals surface area contributed by atoms with Gasteiger partial charge >= 0.3 is 0 Å². The minimum atomic E-state index is 1.09. The summed E-state index contributed by atoms with van der Waals surface area (Å²) < 4.78 is 2.24. The predicted octanol–water partition coefficient (Wildman–Crippen LogP) is 4.03. The summed E-state index contributed by atoms with van der Waals surface area (Å²) in [6.45, 7) is 2.27. The number of hydrogen-bond donors (Lipinski definition) is 0. The molecule has 0 fully saturated rings. The summed E-state index contributed by atoms with van der Waals surface area (Å²) in [5.74, 6) is 2.39. The van der Waals surface area contributed by atoms with Gasteiger partial charge < -0.3 is 0 Å². The molecule has 0 N–H and O–H groups in total. The fourth-order valence-corrected chi connectivity index (χ4v) is 2.60.